The van der Waals surface area contributed by atoms with E-state index in [4.69, 9.17) is 0 Å². The molecule has 2 aliphatic heterocycles. The van der Waals surface area contributed by atoms with Crippen molar-refractivity contribution in [1.29, 1.82) is 0 Å². The molecule has 110 valence electrons. The Morgan fingerprint density at radius 2 is 2.21 bits per heavy atom. The van der Waals surface area contributed by atoms with Gasteiger partial charge in [-0.05, 0) is 38.4 Å². The molecular formula is C12H22N2O3S2. The van der Waals surface area contributed by atoms with Gasteiger partial charge in [0.25, 0.3) is 0 Å². The van der Waals surface area contributed by atoms with Crippen molar-refractivity contribution in [1.82, 2.24) is 10.6 Å². The van der Waals surface area contributed by atoms with Gasteiger partial charge in [0.15, 0.2) is 9.84 Å². The fourth-order valence-electron chi connectivity index (χ4n) is 2.62. The second kappa shape index (κ2) is 5.91. The molecule has 0 aliphatic carbocycles. The Morgan fingerprint density at radius 1 is 1.42 bits per heavy atom. The molecule has 2 atom stereocenters. The summed E-state index contributed by atoms with van der Waals surface area (Å²) in [4.78, 5) is 11.8. The normalized spacial score (nSPS) is 33.8. The molecule has 0 saturated carbocycles. The van der Waals surface area contributed by atoms with Crippen LogP contribution >= 0.6 is 11.8 Å². The summed E-state index contributed by atoms with van der Waals surface area (Å²) in [5, 5.41) is 5.65. The number of thioether (sulfide) groups is 1. The van der Waals surface area contributed by atoms with Gasteiger partial charge in [0.1, 0.15) is 0 Å². The van der Waals surface area contributed by atoms with Crippen molar-refractivity contribution >= 4 is 27.6 Å². The number of rotatable bonds is 3. The van der Waals surface area contributed by atoms with Crippen molar-refractivity contribution in [3.8, 4) is 0 Å². The molecule has 2 fully saturated rings. The van der Waals surface area contributed by atoms with Gasteiger partial charge in [0, 0.05) is 17.3 Å². The van der Waals surface area contributed by atoms with Crippen LogP contribution in [0.2, 0.25) is 0 Å². The Hall–Kier alpha value is -0.430. The second-order valence-corrected chi connectivity index (χ2v) is 9.59. The maximum Gasteiger partial charge on any atom is 0.315 e. The number of hydrogen-bond acceptors (Lipinski definition) is 4. The first-order valence-corrected chi connectivity index (χ1v) is 9.58. The summed E-state index contributed by atoms with van der Waals surface area (Å²) in [6.07, 6.45) is 3.71. The zero-order valence-corrected chi connectivity index (χ0v) is 12.9. The second-order valence-electron chi connectivity index (χ2n) is 5.68. The summed E-state index contributed by atoms with van der Waals surface area (Å²) in [6, 6.07) is -0.474. The average Bonchev–Trinajstić information content (AvgIpc) is 2.73. The highest BCUT2D eigenvalue weighted by molar-refractivity contribution is 8.00. The zero-order chi connectivity index (χ0) is 13.9. The van der Waals surface area contributed by atoms with Crippen molar-refractivity contribution < 1.29 is 13.2 Å². The molecule has 0 aromatic carbocycles. The van der Waals surface area contributed by atoms with Gasteiger partial charge in [-0.15, -0.1) is 0 Å². The topological polar surface area (TPSA) is 75.3 Å². The predicted molar refractivity (Wildman–Crippen MR) is 78.3 cm³/mol. The average molecular weight is 306 g/mol. The molecule has 2 N–H and O–H groups in total. The number of urea groups is 1. The van der Waals surface area contributed by atoms with E-state index in [1.54, 1.807) is 0 Å². The van der Waals surface area contributed by atoms with Gasteiger partial charge in [0.2, 0.25) is 0 Å². The van der Waals surface area contributed by atoms with Gasteiger partial charge >= 0.3 is 6.03 Å². The summed E-state index contributed by atoms with van der Waals surface area (Å²) in [7, 11) is -2.97. The highest BCUT2D eigenvalue weighted by Crippen LogP contribution is 2.36. The van der Waals surface area contributed by atoms with Crippen LogP contribution < -0.4 is 10.6 Å². The lowest BCUT2D eigenvalue weighted by Gasteiger charge is -2.26. The van der Waals surface area contributed by atoms with Crippen LogP contribution in [0.25, 0.3) is 0 Å². The molecule has 0 spiro atoms. The Kier molecular flexibility index (Phi) is 4.66. The molecule has 2 saturated heterocycles. The van der Waals surface area contributed by atoms with Crippen LogP contribution in [0.5, 0.6) is 0 Å². The van der Waals surface area contributed by atoms with E-state index >= 15 is 0 Å². The highest BCUT2D eigenvalue weighted by Gasteiger charge is 2.30. The number of amides is 2. The lowest BCUT2D eigenvalue weighted by molar-refractivity contribution is 0.236. The zero-order valence-electron chi connectivity index (χ0n) is 11.3. The van der Waals surface area contributed by atoms with Gasteiger partial charge in [-0.1, -0.05) is 0 Å². The fraction of sp³-hybridized carbons (Fsp3) is 0.917. The molecule has 2 heterocycles. The van der Waals surface area contributed by atoms with Crippen LogP contribution in [0.3, 0.4) is 0 Å². The van der Waals surface area contributed by atoms with Crippen LogP contribution in [0.4, 0.5) is 4.79 Å². The molecule has 19 heavy (non-hydrogen) atoms. The highest BCUT2D eigenvalue weighted by atomic mass is 32.2. The summed E-state index contributed by atoms with van der Waals surface area (Å²) >= 11 is 1.89. The Labute approximate surface area is 119 Å². The standard InChI is InChI=1S/C12H22N2O3S2/c1-12(5-3-6-18-12)9-13-11(15)14-10-4-2-7-19(16,17)8-10/h10H,2-9H2,1H3,(H2,13,14,15)/t10-,12+/m0/s1. The maximum atomic E-state index is 11.8. The number of carbonyl (C=O) groups excluding carboxylic acids is 1. The molecule has 0 unspecified atom stereocenters. The molecule has 0 radical (unpaired) electrons. The maximum absolute atomic E-state index is 11.8. The third-order valence-corrected chi connectivity index (χ3v) is 7.08. The van der Waals surface area contributed by atoms with E-state index in [9.17, 15) is 13.2 Å². The lowest BCUT2D eigenvalue weighted by atomic mass is 10.1. The van der Waals surface area contributed by atoms with Crippen LogP contribution in [0, 0.1) is 0 Å². The molecule has 5 nitrogen and oxygen atoms in total. The molecule has 0 bridgehead atoms. The predicted octanol–water partition coefficient (Wildman–Crippen LogP) is 1.15. The van der Waals surface area contributed by atoms with Crippen molar-refractivity contribution in [3.63, 3.8) is 0 Å². The third kappa shape index (κ3) is 4.56. The number of carbonyl (C=O) groups is 1. The van der Waals surface area contributed by atoms with Gasteiger partial charge in [-0.3, -0.25) is 0 Å². The lowest BCUT2D eigenvalue weighted by Crippen LogP contribution is -2.49. The Morgan fingerprint density at radius 3 is 2.84 bits per heavy atom. The van der Waals surface area contributed by atoms with Gasteiger partial charge in [-0.2, -0.15) is 11.8 Å². The Bertz CT molecular complexity index is 430. The fourth-order valence-corrected chi connectivity index (χ4v) is 5.50. The van der Waals surface area contributed by atoms with E-state index in [2.05, 4.69) is 17.6 Å². The summed E-state index contributed by atoms with van der Waals surface area (Å²) in [6.45, 7) is 2.80. The molecule has 2 aliphatic rings. The monoisotopic (exact) mass is 306 g/mol. The van der Waals surface area contributed by atoms with Crippen LogP contribution in [0.15, 0.2) is 0 Å². The quantitative estimate of drug-likeness (QED) is 0.820. The molecule has 2 rings (SSSR count). The van der Waals surface area contributed by atoms with Crippen molar-refractivity contribution in [2.75, 3.05) is 23.8 Å². The SMILES string of the molecule is C[C@]1(CNC(=O)N[C@H]2CCCS(=O)(=O)C2)CCCS1. The summed E-state index contributed by atoms with van der Waals surface area (Å²) in [5.74, 6) is 1.48. The number of nitrogens with one attached hydrogen (secondary N) is 2. The van der Waals surface area contributed by atoms with Crippen molar-refractivity contribution in [3.05, 3.63) is 0 Å². The minimum absolute atomic E-state index is 0.0758. The van der Waals surface area contributed by atoms with E-state index in [-0.39, 0.29) is 28.3 Å². The number of sulfone groups is 1. The van der Waals surface area contributed by atoms with E-state index in [0.29, 0.717) is 13.0 Å². The first kappa shape index (κ1) is 15.0. The summed E-state index contributed by atoms with van der Waals surface area (Å²) < 4.78 is 23.1. The van der Waals surface area contributed by atoms with E-state index in [0.717, 1.165) is 18.6 Å². The largest absolute Gasteiger partial charge is 0.337 e. The molecular weight excluding hydrogens is 284 g/mol. The number of hydrogen-bond donors (Lipinski definition) is 2. The van der Waals surface area contributed by atoms with Gasteiger partial charge in [-0.25, -0.2) is 13.2 Å². The van der Waals surface area contributed by atoms with Crippen molar-refractivity contribution in [2.24, 2.45) is 0 Å². The van der Waals surface area contributed by atoms with E-state index in [1.807, 2.05) is 11.8 Å². The smallest absolute Gasteiger partial charge is 0.315 e. The van der Waals surface area contributed by atoms with E-state index < -0.39 is 9.84 Å². The molecule has 7 heteroatoms. The van der Waals surface area contributed by atoms with Crippen molar-refractivity contribution in [2.45, 2.75) is 43.4 Å². The first-order valence-electron chi connectivity index (χ1n) is 6.77. The summed E-state index contributed by atoms with van der Waals surface area (Å²) in [5.41, 5.74) is 0. The first-order chi connectivity index (χ1) is 8.89. The van der Waals surface area contributed by atoms with Crippen LogP contribution in [0.1, 0.15) is 32.6 Å². The van der Waals surface area contributed by atoms with E-state index in [1.165, 1.54) is 6.42 Å². The molecule has 0 aromatic rings. The Balaban J connectivity index is 1.75. The molecule has 0 aromatic heterocycles. The third-order valence-electron chi connectivity index (χ3n) is 3.72. The minimum Gasteiger partial charge on any atom is -0.337 e. The molecule has 2 amide bonds. The van der Waals surface area contributed by atoms with Crippen LogP contribution in [-0.4, -0.2) is 49.0 Å². The minimum atomic E-state index is -2.97. The van der Waals surface area contributed by atoms with Gasteiger partial charge in [0.05, 0.1) is 11.5 Å². The van der Waals surface area contributed by atoms with Gasteiger partial charge < -0.3 is 10.6 Å². The van der Waals surface area contributed by atoms with Crippen LogP contribution in [-0.2, 0) is 9.84 Å².